The second kappa shape index (κ2) is 8.02. The highest BCUT2D eigenvalue weighted by molar-refractivity contribution is 9.10. The van der Waals surface area contributed by atoms with Gasteiger partial charge in [-0.2, -0.15) is 0 Å². The number of benzene rings is 1. The molecule has 7 nitrogen and oxygen atoms in total. The third-order valence-electron chi connectivity index (χ3n) is 4.80. The van der Waals surface area contributed by atoms with Gasteiger partial charge in [0.05, 0.1) is 24.2 Å². The molecule has 0 saturated heterocycles. The lowest BCUT2D eigenvalue weighted by Gasteiger charge is -2.32. The summed E-state index contributed by atoms with van der Waals surface area (Å²) in [5, 5.41) is 3.42. The molecule has 2 aromatic heterocycles. The molecule has 0 atom stereocenters. The smallest absolute Gasteiger partial charge is 0.212 e. The highest BCUT2D eigenvalue weighted by Gasteiger charge is 2.22. The summed E-state index contributed by atoms with van der Waals surface area (Å²) >= 11 is 3.47. The fourth-order valence-corrected chi connectivity index (χ4v) is 3.71. The van der Waals surface area contributed by atoms with Gasteiger partial charge >= 0.3 is 0 Å². The Morgan fingerprint density at radius 3 is 2.86 bits per heavy atom. The van der Waals surface area contributed by atoms with Crippen LogP contribution >= 0.6 is 15.9 Å². The number of pyridine rings is 1. The molecule has 0 unspecified atom stereocenters. The van der Waals surface area contributed by atoms with Crippen molar-refractivity contribution in [3.8, 4) is 5.88 Å². The number of halogens is 1. The van der Waals surface area contributed by atoms with Gasteiger partial charge in [-0.1, -0.05) is 22.0 Å². The van der Waals surface area contributed by atoms with Crippen LogP contribution < -0.4 is 20.7 Å². The highest BCUT2D eigenvalue weighted by Crippen LogP contribution is 2.32. The summed E-state index contributed by atoms with van der Waals surface area (Å²) in [6.07, 6.45) is 4.28. The number of nitrogen functional groups attached to an aromatic ring is 1. The molecule has 1 aromatic carbocycles. The number of hydrogen-bond acceptors (Lipinski definition) is 7. The molecular weight excluding hydrogens is 420 g/mol. The molecule has 1 aliphatic heterocycles. The number of rotatable bonds is 5. The van der Waals surface area contributed by atoms with E-state index in [2.05, 4.69) is 41.1 Å². The van der Waals surface area contributed by atoms with Gasteiger partial charge in [0.25, 0.3) is 0 Å². The van der Waals surface area contributed by atoms with E-state index in [4.69, 9.17) is 10.5 Å². The molecule has 0 spiro atoms. The minimum Gasteiger partial charge on any atom is -0.481 e. The van der Waals surface area contributed by atoms with Crippen LogP contribution in [0.1, 0.15) is 16.8 Å². The minimum atomic E-state index is 0.603. The first-order valence-corrected chi connectivity index (χ1v) is 9.79. The van der Waals surface area contributed by atoms with Crippen LogP contribution in [0.4, 0.5) is 17.2 Å². The molecule has 144 valence electrons. The molecule has 0 amide bonds. The molecule has 0 fully saturated rings. The summed E-state index contributed by atoms with van der Waals surface area (Å²) in [6, 6.07) is 9.83. The molecule has 8 heteroatoms. The SMILES string of the molecule is COc1ccc(CNc2ncnc3c2CN(c2ccc(Br)cc2N)CC3)cn1. The van der Waals surface area contributed by atoms with Gasteiger partial charge in [0.15, 0.2) is 0 Å². The first-order valence-electron chi connectivity index (χ1n) is 8.99. The van der Waals surface area contributed by atoms with E-state index in [0.717, 1.165) is 51.5 Å². The van der Waals surface area contributed by atoms with Gasteiger partial charge in [-0.05, 0) is 23.8 Å². The maximum atomic E-state index is 6.23. The van der Waals surface area contributed by atoms with E-state index < -0.39 is 0 Å². The standard InChI is InChI=1S/C20H21BrN6O/c1-28-19-5-2-13(9-23-19)10-24-20-15-11-27(7-6-17(15)25-12-26-20)18-4-3-14(21)8-16(18)22/h2-5,8-9,12H,6-7,10-11,22H2,1H3,(H,24,25,26). The van der Waals surface area contributed by atoms with Gasteiger partial charge < -0.3 is 20.7 Å². The number of nitrogens with zero attached hydrogens (tertiary/aromatic N) is 4. The summed E-state index contributed by atoms with van der Waals surface area (Å²) in [4.78, 5) is 15.5. The third kappa shape index (κ3) is 3.87. The number of aromatic nitrogens is 3. The van der Waals surface area contributed by atoms with Crippen molar-refractivity contribution in [1.82, 2.24) is 15.0 Å². The fraction of sp³-hybridized carbons (Fsp3) is 0.250. The summed E-state index contributed by atoms with van der Waals surface area (Å²) in [7, 11) is 1.61. The van der Waals surface area contributed by atoms with Gasteiger partial charge in [-0.15, -0.1) is 0 Å². The Hall–Kier alpha value is -2.87. The zero-order chi connectivity index (χ0) is 19.5. The lowest BCUT2D eigenvalue weighted by atomic mass is 10.0. The summed E-state index contributed by atoms with van der Waals surface area (Å²) in [6.45, 7) is 2.21. The number of nitrogens with one attached hydrogen (secondary N) is 1. The van der Waals surface area contributed by atoms with Crippen molar-refractivity contribution in [2.24, 2.45) is 0 Å². The predicted octanol–water partition coefficient (Wildman–Crippen LogP) is 3.40. The lowest BCUT2D eigenvalue weighted by molar-refractivity contribution is 0.397. The first kappa shape index (κ1) is 18.5. The third-order valence-corrected chi connectivity index (χ3v) is 5.29. The van der Waals surface area contributed by atoms with E-state index >= 15 is 0 Å². The maximum absolute atomic E-state index is 6.23. The van der Waals surface area contributed by atoms with E-state index in [1.54, 1.807) is 19.6 Å². The summed E-state index contributed by atoms with van der Waals surface area (Å²) in [5.41, 5.74) is 11.3. The molecule has 0 aliphatic carbocycles. The van der Waals surface area contributed by atoms with Crippen LogP contribution in [0.5, 0.6) is 5.88 Å². The highest BCUT2D eigenvalue weighted by atomic mass is 79.9. The molecule has 28 heavy (non-hydrogen) atoms. The second-order valence-electron chi connectivity index (χ2n) is 6.58. The molecule has 0 bridgehead atoms. The monoisotopic (exact) mass is 440 g/mol. The Morgan fingerprint density at radius 1 is 1.21 bits per heavy atom. The quantitative estimate of drug-likeness (QED) is 0.587. The minimum absolute atomic E-state index is 0.603. The number of anilines is 3. The maximum Gasteiger partial charge on any atom is 0.212 e. The van der Waals surface area contributed by atoms with Gasteiger partial charge in [0.2, 0.25) is 5.88 Å². The van der Waals surface area contributed by atoms with Crippen LogP contribution in [0, 0.1) is 0 Å². The van der Waals surface area contributed by atoms with Crippen molar-refractivity contribution >= 4 is 33.1 Å². The van der Waals surface area contributed by atoms with Crippen LogP contribution in [0.15, 0.2) is 47.3 Å². The van der Waals surface area contributed by atoms with Crippen molar-refractivity contribution in [3.63, 3.8) is 0 Å². The first-order chi connectivity index (χ1) is 13.6. The Kier molecular flexibility index (Phi) is 5.29. The lowest BCUT2D eigenvalue weighted by Crippen LogP contribution is -2.32. The van der Waals surface area contributed by atoms with Gasteiger partial charge in [-0.25, -0.2) is 15.0 Å². The second-order valence-corrected chi connectivity index (χ2v) is 7.50. The van der Waals surface area contributed by atoms with Crippen LogP contribution in [-0.4, -0.2) is 28.6 Å². The van der Waals surface area contributed by atoms with E-state index in [1.165, 1.54) is 0 Å². The molecule has 0 radical (unpaired) electrons. The average molecular weight is 441 g/mol. The van der Waals surface area contributed by atoms with Gasteiger partial charge in [-0.3, -0.25) is 0 Å². The summed E-state index contributed by atoms with van der Waals surface area (Å²) < 4.78 is 6.08. The molecular formula is C20H21BrN6O. The van der Waals surface area contributed by atoms with Crippen molar-refractivity contribution < 1.29 is 4.74 Å². The molecule has 3 N–H and O–H groups in total. The Labute approximate surface area is 172 Å². The Bertz CT molecular complexity index is 979. The van der Waals surface area contributed by atoms with Crippen molar-refractivity contribution in [1.29, 1.82) is 0 Å². The number of fused-ring (bicyclic) bond motifs is 1. The molecule has 3 heterocycles. The van der Waals surface area contributed by atoms with E-state index in [1.807, 2.05) is 30.3 Å². The van der Waals surface area contributed by atoms with Crippen molar-refractivity contribution in [2.75, 3.05) is 29.6 Å². The number of nitrogens with two attached hydrogens (primary N) is 1. The zero-order valence-corrected chi connectivity index (χ0v) is 17.1. The van der Waals surface area contributed by atoms with Crippen LogP contribution in [-0.2, 0) is 19.5 Å². The molecule has 3 aromatic rings. The number of hydrogen-bond donors (Lipinski definition) is 2. The topological polar surface area (TPSA) is 89.2 Å². The average Bonchev–Trinajstić information content (AvgIpc) is 2.72. The van der Waals surface area contributed by atoms with E-state index in [-0.39, 0.29) is 0 Å². The van der Waals surface area contributed by atoms with Crippen LogP contribution in [0.25, 0.3) is 0 Å². The Morgan fingerprint density at radius 2 is 2.11 bits per heavy atom. The molecule has 0 saturated carbocycles. The predicted molar refractivity (Wildman–Crippen MR) is 113 cm³/mol. The van der Waals surface area contributed by atoms with Crippen LogP contribution in [0.2, 0.25) is 0 Å². The van der Waals surface area contributed by atoms with Gasteiger partial charge in [0, 0.05) is 48.4 Å². The van der Waals surface area contributed by atoms with Crippen LogP contribution in [0.3, 0.4) is 0 Å². The van der Waals surface area contributed by atoms with Crippen molar-refractivity contribution in [2.45, 2.75) is 19.5 Å². The Balaban J connectivity index is 1.53. The fourth-order valence-electron chi connectivity index (χ4n) is 3.33. The molecule has 1 aliphatic rings. The zero-order valence-electron chi connectivity index (χ0n) is 15.5. The van der Waals surface area contributed by atoms with Gasteiger partial charge in [0.1, 0.15) is 12.1 Å². The van der Waals surface area contributed by atoms with E-state index in [9.17, 15) is 0 Å². The van der Waals surface area contributed by atoms with E-state index in [0.29, 0.717) is 19.0 Å². The largest absolute Gasteiger partial charge is 0.481 e. The molecule has 4 rings (SSSR count). The van der Waals surface area contributed by atoms with Crippen molar-refractivity contribution in [3.05, 3.63) is 64.1 Å². The number of methoxy groups -OCH3 is 1. The summed E-state index contributed by atoms with van der Waals surface area (Å²) in [5.74, 6) is 1.45. The normalized spacial score (nSPS) is 13.1. The number of ether oxygens (including phenoxy) is 1.